The summed E-state index contributed by atoms with van der Waals surface area (Å²) in [7, 11) is 0. The van der Waals surface area contributed by atoms with Gasteiger partial charge in [-0.1, -0.05) is 19.8 Å². The van der Waals surface area contributed by atoms with Crippen LogP contribution in [0.1, 0.15) is 58.8 Å². The molecule has 0 amide bonds. The lowest BCUT2D eigenvalue weighted by molar-refractivity contribution is -0.932. The van der Waals surface area contributed by atoms with Crippen molar-refractivity contribution in [2.45, 2.75) is 64.8 Å². The van der Waals surface area contributed by atoms with Crippen LogP contribution in [0.5, 0.6) is 0 Å². The van der Waals surface area contributed by atoms with E-state index in [1.54, 1.807) is 0 Å². The molecule has 1 aliphatic heterocycles. The first kappa shape index (κ1) is 11.4. The Labute approximate surface area is 95.2 Å². The Hall–Kier alpha value is -0.0400. The normalized spacial score (nSPS) is 42.8. The van der Waals surface area contributed by atoms with Gasteiger partial charge in [-0.2, -0.15) is 0 Å². The van der Waals surface area contributed by atoms with Crippen molar-refractivity contribution >= 4 is 0 Å². The molecular weight excluding hydrogens is 182 g/mol. The molecule has 0 radical (unpaired) electrons. The Morgan fingerprint density at radius 1 is 1.00 bits per heavy atom. The summed E-state index contributed by atoms with van der Waals surface area (Å²) in [6.07, 6.45) is 10.4. The highest BCUT2D eigenvalue weighted by molar-refractivity contribution is 4.70. The van der Waals surface area contributed by atoms with Crippen molar-refractivity contribution in [3.8, 4) is 0 Å². The van der Waals surface area contributed by atoms with E-state index >= 15 is 0 Å². The summed E-state index contributed by atoms with van der Waals surface area (Å²) in [6, 6.07) is 0.941. The third-order valence-corrected chi connectivity index (χ3v) is 4.68. The second kappa shape index (κ2) is 5.34. The minimum atomic E-state index is 0.941. The molecule has 1 heterocycles. The fraction of sp³-hybridized carbons (Fsp3) is 1.00. The van der Waals surface area contributed by atoms with Gasteiger partial charge < -0.3 is 4.90 Å². The van der Waals surface area contributed by atoms with E-state index < -0.39 is 0 Å². The summed E-state index contributed by atoms with van der Waals surface area (Å²) >= 11 is 0. The summed E-state index contributed by atoms with van der Waals surface area (Å²) < 4.78 is 0. The summed E-state index contributed by atoms with van der Waals surface area (Å²) in [5.41, 5.74) is 0. The number of hydrogen-bond acceptors (Lipinski definition) is 0. The van der Waals surface area contributed by atoms with Gasteiger partial charge in [-0.3, -0.25) is 0 Å². The van der Waals surface area contributed by atoms with E-state index in [-0.39, 0.29) is 0 Å². The molecule has 1 nitrogen and oxygen atoms in total. The minimum absolute atomic E-state index is 0.941. The molecule has 1 heteroatoms. The fourth-order valence-electron chi connectivity index (χ4n) is 3.67. The van der Waals surface area contributed by atoms with Crippen LogP contribution >= 0.6 is 0 Å². The van der Waals surface area contributed by atoms with Gasteiger partial charge in [-0.15, -0.1) is 0 Å². The van der Waals surface area contributed by atoms with Crippen molar-refractivity contribution in [3.63, 3.8) is 0 Å². The predicted molar refractivity (Wildman–Crippen MR) is 65.1 cm³/mol. The summed E-state index contributed by atoms with van der Waals surface area (Å²) in [5.74, 6) is 2.05. The topological polar surface area (TPSA) is 4.44 Å². The van der Waals surface area contributed by atoms with Crippen molar-refractivity contribution in [2.75, 3.05) is 13.1 Å². The van der Waals surface area contributed by atoms with Gasteiger partial charge in [0.1, 0.15) is 0 Å². The summed E-state index contributed by atoms with van der Waals surface area (Å²) in [6.45, 7) is 7.83. The van der Waals surface area contributed by atoms with Crippen molar-refractivity contribution in [1.82, 2.24) is 0 Å². The number of rotatable bonds is 2. The molecule has 0 aromatic rings. The van der Waals surface area contributed by atoms with Gasteiger partial charge >= 0.3 is 0 Å². The lowest BCUT2D eigenvalue weighted by atomic mass is 9.82. The monoisotopic (exact) mass is 210 g/mol. The first-order valence-electron chi connectivity index (χ1n) is 7.10. The lowest BCUT2D eigenvalue weighted by Crippen LogP contribution is -3.16. The average molecular weight is 210 g/mol. The third kappa shape index (κ3) is 3.21. The smallest absolute Gasteiger partial charge is 0.0846 e. The maximum Gasteiger partial charge on any atom is 0.0846 e. The Kier molecular flexibility index (Phi) is 4.07. The molecule has 1 saturated carbocycles. The molecule has 88 valence electrons. The van der Waals surface area contributed by atoms with E-state index in [9.17, 15) is 0 Å². The largest absolute Gasteiger partial charge is 0.333 e. The molecule has 2 rings (SSSR count). The maximum absolute atomic E-state index is 2.46. The van der Waals surface area contributed by atoms with Gasteiger partial charge in [0.05, 0.1) is 19.1 Å². The van der Waals surface area contributed by atoms with Crippen molar-refractivity contribution < 1.29 is 4.90 Å². The molecule has 2 aliphatic rings. The van der Waals surface area contributed by atoms with E-state index in [4.69, 9.17) is 0 Å². The summed E-state index contributed by atoms with van der Waals surface area (Å²) in [5, 5.41) is 0. The zero-order valence-corrected chi connectivity index (χ0v) is 10.6. The van der Waals surface area contributed by atoms with Crippen LogP contribution in [0, 0.1) is 11.8 Å². The molecule has 0 spiro atoms. The van der Waals surface area contributed by atoms with Gasteiger partial charge in [0.15, 0.2) is 0 Å². The van der Waals surface area contributed by atoms with Gasteiger partial charge in [-0.05, 0) is 44.9 Å². The van der Waals surface area contributed by atoms with Gasteiger partial charge in [0.25, 0.3) is 0 Å². The molecule has 4 unspecified atom stereocenters. The van der Waals surface area contributed by atoms with Crippen LogP contribution in [0.4, 0.5) is 0 Å². The average Bonchev–Trinajstić information content (AvgIpc) is 2.22. The van der Waals surface area contributed by atoms with Crippen LogP contribution in [0.15, 0.2) is 0 Å². The molecule has 0 bridgehead atoms. The third-order valence-electron chi connectivity index (χ3n) is 4.68. The fourth-order valence-corrected chi connectivity index (χ4v) is 3.67. The minimum Gasteiger partial charge on any atom is -0.333 e. The highest BCUT2D eigenvalue weighted by atomic mass is 15.2. The molecule has 4 atom stereocenters. The maximum atomic E-state index is 2.46. The van der Waals surface area contributed by atoms with Crippen LogP contribution in [0.3, 0.4) is 0 Å². The second-order valence-corrected chi connectivity index (χ2v) is 6.15. The molecule has 1 saturated heterocycles. The highest BCUT2D eigenvalue weighted by Gasteiger charge is 2.27. The molecule has 15 heavy (non-hydrogen) atoms. The molecule has 0 aromatic carbocycles. The highest BCUT2D eigenvalue weighted by Crippen LogP contribution is 2.27. The van der Waals surface area contributed by atoms with Gasteiger partial charge in [0.2, 0.25) is 0 Å². The standard InChI is InChI=1S/C14H27N/c1-12-6-5-8-14(10-12)11-15-9-4-3-7-13(15)2/h12-14H,3-11H2,1-2H3/p+1. The lowest BCUT2D eigenvalue weighted by Gasteiger charge is -2.35. The predicted octanol–water partition coefficient (Wildman–Crippen LogP) is 2.27. The van der Waals surface area contributed by atoms with E-state index in [0.717, 1.165) is 17.9 Å². The number of hydrogen-bond donors (Lipinski definition) is 1. The SMILES string of the molecule is CC1CCCC(C[NH+]2CCCCC2C)C1. The van der Waals surface area contributed by atoms with Crippen molar-refractivity contribution in [1.29, 1.82) is 0 Å². The molecule has 1 aliphatic carbocycles. The Morgan fingerprint density at radius 2 is 1.87 bits per heavy atom. The zero-order chi connectivity index (χ0) is 10.7. The molecule has 1 N–H and O–H groups in total. The number of likely N-dealkylation sites (tertiary alicyclic amines) is 1. The number of nitrogens with one attached hydrogen (secondary N) is 1. The number of quaternary nitrogens is 1. The van der Waals surface area contributed by atoms with E-state index in [0.29, 0.717) is 0 Å². The first-order chi connectivity index (χ1) is 7.25. The van der Waals surface area contributed by atoms with Crippen LogP contribution in [-0.2, 0) is 0 Å². The Morgan fingerprint density at radius 3 is 2.60 bits per heavy atom. The van der Waals surface area contributed by atoms with Crippen LogP contribution < -0.4 is 4.90 Å². The van der Waals surface area contributed by atoms with Crippen molar-refractivity contribution in [3.05, 3.63) is 0 Å². The number of piperidine rings is 1. The van der Waals surface area contributed by atoms with E-state index in [1.165, 1.54) is 58.0 Å². The second-order valence-electron chi connectivity index (χ2n) is 6.15. The van der Waals surface area contributed by atoms with Gasteiger partial charge in [0, 0.05) is 5.92 Å². The van der Waals surface area contributed by atoms with Gasteiger partial charge in [-0.25, -0.2) is 0 Å². The van der Waals surface area contributed by atoms with Crippen molar-refractivity contribution in [2.24, 2.45) is 11.8 Å². The van der Waals surface area contributed by atoms with E-state index in [2.05, 4.69) is 13.8 Å². The Balaban J connectivity index is 1.79. The molecule has 0 aromatic heterocycles. The summed E-state index contributed by atoms with van der Waals surface area (Å²) in [4.78, 5) is 1.92. The van der Waals surface area contributed by atoms with Crippen LogP contribution in [0.25, 0.3) is 0 Å². The molecule has 2 fully saturated rings. The quantitative estimate of drug-likeness (QED) is 0.713. The first-order valence-corrected chi connectivity index (χ1v) is 7.10. The molecular formula is C14H28N+. The van der Waals surface area contributed by atoms with Crippen LogP contribution in [0.2, 0.25) is 0 Å². The van der Waals surface area contributed by atoms with Crippen LogP contribution in [-0.4, -0.2) is 19.1 Å². The zero-order valence-electron chi connectivity index (χ0n) is 10.6. The van der Waals surface area contributed by atoms with E-state index in [1.807, 2.05) is 4.90 Å². The Bertz CT molecular complexity index is 190.